The molecule has 0 bridgehead atoms. The smallest absolute Gasteiger partial charge is 0.233 e. The van der Waals surface area contributed by atoms with Crippen molar-refractivity contribution in [2.45, 2.75) is 4.90 Å². The van der Waals surface area contributed by atoms with Gasteiger partial charge in [-0.2, -0.15) is 0 Å². The topological polar surface area (TPSA) is 39.1 Å². The lowest BCUT2D eigenvalue weighted by Crippen LogP contribution is -2.12. The second-order valence-electron chi connectivity index (χ2n) is 8.28. The molecule has 0 radical (unpaired) electrons. The number of para-hydroxylation sites is 1. The Morgan fingerprint density at radius 3 is 2.09 bits per heavy atom. The van der Waals surface area contributed by atoms with E-state index >= 15 is 0 Å². The van der Waals surface area contributed by atoms with Gasteiger partial charge < -0.3 is 0 Å². The van der Waals surface area contributed by atoms with Crippen molar-refractivity contribution in [3.63, 3.8) is 0 Å². The van der Waals surface area contributed by atoms with Gasteiger partial charge in [-0.3, -0.25) is 0 Å². The molecule has 0 amide bonds. The van der Waals surface area contributed by atoms with Crippen molar-refractivity contribution in [2.75, 3.05) is 0 Å². The van der Waals surface area contributed by atoms with Crippen molar-refractivity contribution in [1.82, 2.24) is 3.97 Å². The van der Waals surface area contributed by atoms with E-state index in [0.717, 1.165) is 21.9 Å². The molecule has 34 heavy (non-hydrogen) atoms. The average molecular weight is 460 g/mol. The lowest BCUT2D eigenvalue weighted by molar-refractivity contribution is 0.590. The Morgan fingerprint density at radius 2 is 1.24 bits per heavy atom. The van der Waals surface area contributed by atoms with Crippen molar-refractivity contribution in [3.05, 3.63) is 126 Å². The number of hydrogen-bond donors (Lipinski definition) is 0. The molecule has 0 aliphatic carbocycles. The van der Waals surface area contributed by atoms with Crippen LogP contribution in [0.3, 0.4) is 0 Å². The van der Waals surface area contributed by atoms with Crippen molar-refractivity contribution in [2.24, 2.45) is 0 Å². The maximum atomic E-state index is 13.7. The standard InChI is InChI=1S/C30H21NO2S/c32-34(33,25-12-2-1-3-13-25)31-29-16-7-6-15-27(29)28-20-18-22(21-30(28)31)17-19-24-11-8-10-23-9-4-5-14-26(23)24/h1-21H/b19-17+. The van der Waals surface area contributed by atoms with Gasteiger partial charge in [-0.15, -0.1) is 0 Å². The summed E-state index contributed by atoms with van der Waals surface area (Å²) in [5.74, 6) is 0. The summed E-state index contributed by atoms with van der Waals surface area (Å²) in [5.41, 5.74) is 3.41. The molecule has 164 valence electrons. The third kappa shape index (κ3) is 3.31. The molecule has 5 aromatic carbocycles. The van der Waals surface area contributed by atoms with Crippen LogP contribution >= 0.6 is 0 Å². The van der Waals surface area contributed by atoms with Crippen molar-refractivity contribution >= 4 is 54.8 Å². The second kappa shape index (κ2) is 8.01. The molecule has 0 aliphatic heterocycles. The van der Waals surface area contributed by atoms with Crippen LogP contribution in [0.2, 0.25) is 0 Å². The van der Waals surface area contributed by atoms with Gasteiger partial charge >= 0.3 is 0 Å². The summed E-state index contributed by atoms with van der Waals surface area (Å²) < 4.78 is 28.9. The van der Waals surface area contributed by atoms with E-state index in [2.05, 4.69) is 36.4 Å². The van der Waals surface area contributed by atoms with Gasteiger partial charge in [0.05, 0.1) is 15.9 Å². The van der Waals surface area contributed by atoms with Gasteiger partial charge in [0.25, 0.3) is 10.0 Å². The van der Waals surface area contributed by atoms with Crippen molar-refractivity contribution < 1.29 is 8.42 Å². The van der Waals surface area contributed by atoms with E-state index in [9.17, 15) is 8.42 Å². The number of aromatic nitrogens is 1. The Morgan fingerprint density at radius 1 is 0.559 bits per heavy atom. The lowest BCUT2D eigenvalue weighted by atomic mass is 10.0. The van der Waals surface area contributed by atoms with E-state index in [0.29, 0.717) is 11.0 Å². The monoisotopic (exact) mass is 459 g/mol. The van der Waals surface area contributed by atoms with Crippen molar-refractivity contribution in [1.29, 1.82) is 0 Å². The fraction of sp³-hybridized carbons (Fsp3) is 0. The number of rotatable bonds is 4. The Bertz CT molecular complexity index is 1810. The molecule has 0 fully saturated rings. The minimum atomic E-state index is -3.77. The van der Waals surface area contributed by atoms with E-state index in [1.54, 1.807) is 24.3 Å². The van der Waals surface area contributed by atoms with E-state index in [1.165, 1.54) is 14.7 Å². The number of fused-ring (bicyclic) bond motifs is 4. The molecular weight excluding hydrogens is 438 g/mol. The van der Waals surface area contributed by atoms with Gasteiger partial charge in [0, 0.05) is 10.8 Å². The fourth-order valence-corrected chi connectivity index (χ4v) is 6.14. The zero-order chi connectivity index (χ0) is 23.1. The molecule has 0 aliphatic rings. The van der Waals surface area contributed by atoms with Crippen LogP contribution in [0.25, 0.3) is 44.7 Å². The third-order valence-corrected chi connectivity index (χ3v) is 7.96. The van der Waals surface area contributed by atoms with E-state index in [-0.39, 0.29) is 4.90 Å². The predicted octanol–water partition coefficient (Wildman–Crippen LogP) is 7.36. The Labute approximate surface area is 198 Å². The summed E-state index contributed by atoms with van der Waals surface area (Å²) in [7, 11) is -3.77. The van der Waals surface area contributed by atoms with Crippen LogP contribution in [-0.2, 0) is 10.0 Å². The first-order chi connectivity index (χ1) is 16.6. The lowest BCUT2D eigenvalue weighted by Gasteiger charge is -2.09. The van der Waals surface area contributed by atoms with Gasteiger partial charge in [-0.1, -0.05) is 103 Å². The largest absolute Gasteiger partial charge is 0.268 e. The van der Waals surface area contributed by atoms with Crippen LogP contribution in [0.4, 0.5) is 0 Å². The van der Waals surface area contributed by atoms with Crippen LogP contribution in [0.1, 0.15) is 11.1 Å². The first kappa shape index (κ1) is 20.5. The molecule has 1 heterocycles. The maximum Gasteiger partial charge on any atom is 0.268 e. The van der Waals surface area contributed by atoms with Gasteiger partial charge in [0.1, 0.15) is 0 Å². The molecule has 4 heteroatoms. The molecule has 0 atom stereocenters. The summed E-state index contributed by atoms with van der Waals surface area (Å²) in [6.45, 7) is 0. The second-order valence-corrected chi connectivity index (χ2v) is 10.1. The van der Waals surface area contributed by atoms with E-state index in [4.69, 9.17) is 0 Å². The number of hydrogen-bond acceptors (Lipinski definition) is 2. The molecule has 6 aromatic rings. The van der Waals surface area contributed by atoms with E-state index < -0.39 is 10.0 Å². The SMILES string of the molecule is O=S(=O)(c1ccccc1)n1c2ccccc2c2ccc(/C=C/c3cccc4ccccc34)cc21. The Balaban J connectivity index is 1.55. The molecule has 0 N–H and O–H groups in total. The molecule has 3 nitrogen and oxygen atoms in total. The normalized spacial score (nSPS) is 12.2. The van der Waals surface area contributed by atoms with Crippen LogP contribution in [0.15, 0.2) is 120 Å². The quantitative estimate of drug-likeness (QED) is 0.258. The summed E-state index contributed by atoms with van der Waals surface area (Å²) in [5, 5.41) is 4.20. The first-order valence-electron chi connectivity index (χ1n) is 11.1. The highest BCUT2D eigenvalue weighted by atomic mass is 32.2. The Hall–Kier alpha value is -4.15. The summed E-state index contributed by atoms with van der Waals surface area (Å²) >= 11 is 0. The van der Waals surface area contributed by atoms with Crippen LogP contribution in [0.5, 0.6) is 0 Å². The highest BCUT2D eigenvalue weighted by Crippen LogP contribution is 2.33. The molecule has 0 unspecified atom stereocenters. The highest BCUT2D eigenvalue weighted by Gasteiger charge is 2.23. The van der Waals surface area contributed by atoms with Gasteiger partial charge in [0.2, 0.25) is 0 Å². The summed E-state index contributed by atoms with van der Waals surface area (Å²) in [6.07, 6.45) is 4.13. The average Bonchev–Trinajstić information content (AvgIpc) is 3.22. The first-order valence-corrected chi connectivity index (χ1v) is 12.6. The van der Waals surface area contributed by atoms with Gasteiger partial charge in [-0.25, -0.2) is 12.4 Å². The predicted molar refractivity (Wildman–Crippen MR) is 141 cm³/mol. The van der Waals surface area contributed by atoms with Crippen LogP contribution in [-0.4, -0.2) is 12.4 Å². The molecule has 6 rings (SSSR count). The minimum Gasteiger partial charge on any atom is -0.233 e. The molecule has 0 saturated heterocycles. The zero-order valence-corrected chi connectivity index (χ0v) is 19.1. The molecular formula is C30H21NO2S. The van der Waals surface area contributed by atoms with Crippen LogP contribution in [0, 0.1) is 0 Å². The molecule has 0 saturated carbocycles. The maximum absolute atomic E-state index is 13.7. The highest BCUT2D eigenvalue weighted by molar-refractivity contribution is 7.90. The zero-order valence-electron chi connectivity index (χ0n) is 18.3. The summed E-state index contributed by atoms with van der Waals surface area (Å²) in [4.78, 5) is 0.273. The third-order valence-electron chi connectivity index (χ3n) is 6.21. The van der Waals surface area contributed by atoms with Gasteiger partial charge in [-0.05, 0) is 46.2 Å². The van der Waals surface area contributed by atoms with E-state index in [1.807, 2.05) is 66.7 Å². The fourth-order valence-electron chi connectivity index (χ4n) is 4.60. The summed E-state index contributed by atoms with van der Waals surface area (Å²) in [6, 6.07) is 36.8. The number of nitrogens with zero attached hydrogens (tertiary/aromatic N) is 1. The van der Waals surface area contributed by atoms with Crippen LogP contribution < -0.4 is 0 Å². The molecule has 1 aromatic heterocycles. The Kier molecular flexibility index (Phi) is 4.82. The van der Waals surface area contributed by atoms with Crippen molar-refractivity contribution in [3.8, 4) is 0 Å². The minimum absolute atomic E-state index is 0.273. The molecule has 0 spiro atoms. The van der Waals surface area contributed by atoms with Gasteiger partial charge in [0.15, 0.2) is 0 Å². The number of benzene rings is 5.